The van der Waals surface area contributed by atoms with Crippen molar-refractivity contribution in [1.29, 1.82) is 0 Å². The van der Waals surface area contributed by atoms with Gasteiger partial charge in [0.05, 0.1) is 6.61 Å². The first-order valence-corrected chi connectivity index (χ1v) is 6.40. The molecule has 18 heavy (non-hydrogen) atoms. The summed E-state index contributed by atoms with van der Waals surface area (Å²) in [5.41, 5.74) is 0.966. The smallest absolute Gasteiger partial charge is 0.322 e. The Hall–Kier alpha value is -1.26. The molecular weight excluding hydrogens is 252 g/mol. The van der Waals surface area contributed by atoms with Crippen LogP contribution in [0.5, 0.6) is 0 Å². The van der Waals surface area contributed by atoms with E-state index in [-0.39, 0.29) is 12.0 Å². The molecule has 0 saturated heterocycles. The van der Waals surface area contributed by atoms with Crippen LogP contribution in [0.3, 0.4) is 0 Å². The van der Waals surface area contributed by atoms with E-state index in [1.54, 1.807) is 13.8 Å². The maximum absolute atomic E-state index is 11.3. The Morgan fingerprint density at radius 3 is 2.89 bits per heavy atom. The fraction of sp³-hybridized carbons (Fsp3) is 0.462. The van der Waals surface area contributed by atoms with Gasteiger partial charge in [0.1, 0.15) is 6.04 Å². The molecule has 0 amide bonds. The maximum Gasteiger partial charge on any atom is 0.322 e. The molecular formula is C13H19ClN2O2. The van der Waals surface area contributed by atoms with E-state index in [1.165, 1.54) is 0 Å². The van der Waals surface area contributed by atoms with Crippen molar-refractivity contribution in [2.24, 2.45) is 0 Å². The summed E-state index contributed by atoms with van der Waals surface area (Å²) in [4.78, 5) is 11.3. The van der Waals surface area contributed by atoms with Gasteiger partial charge in [0, 0.05) is 23.8 Å². The Balaban J connectivity index is 2.20. The van der Waals surface area contributed by atoms with Crippen molar-refractivity contribution in [2.45, 2.75) is 19.9 Å². The van der Waals surface area contributed by atoms with E-state index in [9.17, 15) is 4.79 Å². The van der Waals surface area contributed by atoms with Crippen molar-refractivity contribution < 1.29 is 9.53 Å². The van der Waals surface area contributed by atoms with E-state index in [2.05, 4.69) is 10.6 Å². The number of nitrogens with one attached hydrogen (secondary N) is 2. The summed E-state index contributed by atoms with van der Waals surface area (Å²) < 4.78 is 4.90. The Labute approximate surface area is 113 Å². The van der Waals surface area contributed by atoms with Gasteiger partial charge in [0.15, 0.2) is 0 Å². The molecule has 1 atom stereocenters. The number of anilines is 1. The van der Waals surface area contributed by atoms with Crippen LogP contribution in [-0.2, 0) is 9.53 Å². The normalized spacial score (nSPS) is 11.9. The molecule has 0 aromatic heterocycles. The van der Waals surface area contributed by atoms with Crippen molar-refractivity contribution in [1.82, 2.24) is 5.32 Å². The lowest BCUT2D eigenvalue weighted by Crippen LogP contribution is -2.38. The lowest BCUT2D eigenvalue weighted by molar-refractivity contribution is -0.145. The fourth-order valence-electron chi connectivity index (χ4n) is 1.44. The number of hydrogen-bond acceptors (Lipinski definition) is 4. The number of halogens is 1. The second-order valence-corrected chi connectivity index (χ2v) is 4.30. The van der Waals surface area contributed by atoms with E-state index in [4.69, 9.17) is 16.3 Å². The average Bonchev–Trinajstić information content (AvgIpc) is 2.35. The van der Waals surface area contributed by atoms with Crippen LogP contribution in [0.15, 0.2) is 24.3 Å². The summed E-state index contributed by atoms with van der Waals surface area (Å²) >= 11 is 5.87. The summed E-state index contributed by atoms with van der Waals surface area (Å²) in [5, 5.41) is 7.00. The SMILES string of the molecule is CCOC(=O)C(C)NCCNc1cccc(Cl)c1. The number of esters is 1. The van der Waals surface area contributed by atoms with Crippen LogP contribution in [0.2, 0.25) is 5.02 Å². The number of carbonyl (C=O) groups excluding carboxylic acids is 1. The van der Waals surface area contributed by atoms with Crippen molar-refractivity contribution in [2.75, 3.05) is 25.0 Å². The summed E-state index contributed by atoms with van der Waals surface area (Å²) in [6.07, 6.45) is 0. The van der Waals surface area contributed by atoms with Gasteiger partial charge in [-0.1, -0.05) is 17.7 Å². The van der Waals surface area contributed by atoms with Gasteiger partial charge in [-0.25, -0.2) is 0 Å². The van der Waals surface area contributed by atoms with E-state index >= 15 is 0 Å². The van der Waals surface area contributed by atoms with Crippen molar-refractivity contribution >= 4 is 23.3 Å². The first-order valence-electron chi connectivity index (χ1n) is 6.03. The van der Waals surface area contributed by atoms with Gasteiger partial charge < -0.3 is 15.4 Å². The highest BCUT2D eigenvalue weighted by Crippen LogP contribution is 2.14. The molecule has 0 aliphatic heterocycles. The molecule has 0 spiro atoms. The molecule has 5 heteroatoms. The lowest BCUT2D eigenvalue weighted by Gasteiger charge is -2.13. The second kappa shape index (κ2) is 7.95. The van der Waals surface area contributed by atoms with Crippen LogP contribution >= 0.6 is 11.6 Å². The van der Waals surface area contributed by atoms with Gasteiger partial charge in [-0.3, -0.25) is 4.79 Å². The predicted molar refractivity (Wildman–Crippen MR) is 74.0 cm³/mol. The molecule has 0 bridgehead atoms. The monoisotopic (exact) mass is 270 g/mol. The van der Waals surface area contributed by atoms with Crippen molar-refractivity contribution in [3.05, 3.63) is 29.3 Å². The number of ether oxygens (including phenoxy) is 1. The number of carbonyl (C=O) groups is 1. The summed E-state index contributed by atoms with van der Waals surface area (Å²) in [7, 11) is 0. The molecule has 4 nitrogen and oxygen atoms in total. The average molecular weight is 271 g/mol. The van der Waals surface area contributed by atoms with Crippen molar-refractivity contribution in [3.8, 4) is 0 Å². The second-order valence-electron chi connectivity index (χ2n) is 3.86. The molecule has 100 valence electrons. The molecule has 0 aliphatic rings. The van der Waals surface area contributed by atoms with Gasteiger partial charge >= 0.3 is 5.97 Å². The fourth-order valence-corrected chi connectivity index (χ4v) is 1.63. The first-order chi connectivity index (χ1) is 8.63. The molecule has 0 heterocycles. The Morgan fingerprint density at radius 1 is 1.44 bits per heavy atom. The number of rotatable bonds is 7. The summed E-state index contributed by atoms with van der Waals surface area (Å²) in [6, 6.07) is 7.23. The largest absolute Gasteiger partial charge is 0.465 e. The quantitative estimate of drug-likeness (QED) is 0.590. The van der Waals surface area contributed by atoms with E-state index in [1.807, 2.05) is 24.3 Å². The zero-order valence-electron chi connectivity index (χ0n) is 10.7. The van der Waals surface area contributed by atoms with Gasteiger partial charge in [0.2, 0.25) is 0 Å². The topological polar surface area (TPSA) is 50.4 Å². The van der Waals surface area contributed by atoms with E-state index < -0.39 is 0 Å². The number of benzene rings is 1. The van der Waals surface area contributed by atoms with Gasteiger partial charge in [-0.15, -0.1) is 0 Å². The third-order valence-corrected chi connectivity index (χ3v) is 2.60. The minimum absolute atomic E-state index is 0.222. The molecule has 2 N–H and O–H groups in total. The molecule has 0 fully saturated rings. The zero-order valence-corrected chi connectivity index (χ0v) is 11.5. The number of hydrogen-bond donors (Lipinski definition) is 2. The minimum atomic E-state index is -0.286. The molecule has 0 radical (unpaired) electrons. The first kappa shape index (κ1) is 14.8. The molecule has 0 saturated carbocycles. The molecule has 1 rings (SSSR count). The third kappa shape index (κ3) is 5.38. The summed E-state index contributed by atoms with van der Waals surface area (Å²) in [6.45, 7) is 5.38. The maximum atomic E-state index is 11.3. The third-order valence-electron chi connectivity index (χ3n) is 2.37. The highest BCUT2D eigenvalue weighted by Gasteiger charge is 2.11. The molecule has 1 unspecified atom stereocenters. The summed E-state index contributed by atoms with van der Waals surface area (Å²) in [5.74, 6) is -0.222. The Morgan fingerprint density at radius 2 is 2.22 bits per heavy atom. The van der Waals surface area contributed by atoms with Crippen LogP contribution in [0, 0.1) is 0 Å². The van der Waals surface area contributed by atoms with Crippen molar-refractivity contribution in [3.63, 3.8) is 0 Å². The standard InChI is InChI=1S/C13H19ClN2O2/c1-3-18-13(17)10(2)15-7-8-16-12-6-4-5-11(14)9-12/h4-6,9-10,15-16H,3,7-8H2,1-2H3. The Kier molecular flexibility index (Phi) is 6.54. The van der Waals surface area contributed by atoms with Crippen LogP contribution in [0.25, 0.3) is 0 Å². The molecule has 0 aliphatic carbocycles. The van der Waals surface area contributed by atoms with Crippen LogP contribution in [-0.4, -0.2) is 31.7 Å². The Bertz CT molecular complexity index is 385. The molecule has 1 aromatic rings. The highest BCUT2D eigenvalue weighted by molar-refractivity contribution is 6.30. The lowest BCUT2D eigenvalue weighted by atomic mass is 10.3. The zero-order chi connectivity index (χ0) is 13.4. The minimum Gasteiger partial charge on any atom is -0.465 e. The highest BCUT2D eigenvalue weighted by atomic mass is 35.5. The van der Waals surface area contributed by atoms with Crippen LogP contribution < -0.4 is 10.6 Å². The molecule has 1 aromatic carbocycles. The van der Waals surface area contributed by atoms with Gasteiger partial charge in [-0.2, -0.15) is 0 Å². The predicted octanol–water partition coefficient (Wildman–Crippen LogP) is 2.29. The van der Waals surface area contributed by atoms with E-state index in [0.29, 0.717) is 24.7 Å². The van der Waals surface area contributed by atoms with Crippen LogP contribution in [0.1, 0.15) is 13.8 Å². The van der Waals surface area contributed by atoms with E-state index in [0.717, 1.165) is 5.69 Å². The van der Waals surface area contributed by atoms with Gasteiger partial charge in [0.25, 0.3) is 0 Å². The van der Waals surface area contributed by atoms with Gasteiger partial charge in [-0.05, 0) is 32.0 Å². The van der Waals surface area contributed by atoms with Crippen LogP contribution in [0.4, 0.5) is 5.69 Å².